The van der Waals surface area contributed by atoms with E-state index in [9.17, 15) is 4.57 Å². The molecule has 3 nitrogen and oxygen atoms in total. The SMILES string of the molecule is C.CC(C)C=CP(=O)(O)O. The highest BCUT2D eigenvalue weighted by molar-refractivity contribution is 7.55. The van der Waals surface area contributed by atoms with E-state index in [-0.39, 0.29) is 13.3 Å². The van der Waals surface area contributed by atoms with Gasteiger partial charge in [-0.3, -0.25) is 4.57 Å². The van der Waals surface area contributed by atoms with Crippen molar-refractivity contribution in [1.29, 1.82) is 0 Å². The van der Waals surface area contributed by atoms with Crippen LogP contribution in [0.25, 0.3) is 0 Å². The van der Waals surface area contributed by atoms with Gasteiger partial charge in [0.2, 0.25) is 0 Å². The second-order valence-electron chi connectivity index (χ2n) is 2.17. The van der Waals surface area contributed by atoms with Gasteiger partial charge < -0.3 is 9.79 Å². The molecular formula is C6H15O3P. The van der Waals surface area contributed by atoms with Crippen LogP contribution in [0.4, 0.5) is 0 Å². The minimum Gasteiger partial charge on any atom is -0.321 e. The number of hydrogen-bond donors (Lipinski definition) is 2. The molecule has 0 saturated carbocycles. The van der Waals surface area contributed by atoms with Crippen LogP contribution in [-0.4, -0.2) is 9.79 Å². The van der Waals surface area contributed by atoms with Crippen molar-refractivity contribution in [2.75, 3.05) is 0 Å². The van der Waals surface area contributed by atoms with Crippen LogP contribution in [0.5, 0.6) is 0 Å². The Morgan fingerprint density at radius 1 is 1.40 bits per heavy atom. The van der Waals surface area contributed by atoms with Crippen LogP contribution in [0.15, 0.2) is 11.9 Å². The maximum absolute atomic E-state index is 10.1. The van der Waals surface area contributed by atoms with Crippen molar-refractivity contribution in [1.82, 2.24) is 0 Å². The average Bonchev–Trinajstić information content (AvgIpc) is 1.59. The molecule has 0 aromatic carbocycles. The van der Waals surface area contributed by atoms with Crippen LogP contribution in [-0.2, 0) is 4.57 Å². The van der Waals surface area contributed by atoms with Crippen molar-refractivity contribution in [3.8, 4) is 0 Å². The lowest BCUT2D eigenvalue weighted by atomic mass is 10.2. The topological polar surface area (TPSA) is 57.5 Å². The summed E-state index contributed by atoms with van der Waals surface area (Å²) in [5.41, 5.74) is 0. The quantitative estimate of drug-likeness (QED) is 0.616. The third-order valence-corrected chi connectivity index (χ3v) is 1.23. The Hall–Kier alpha value is -0.110. The normalized spacial score (nSPS) is 12.1. The summed E-state index contributed by atoms with van der Waals surface area (Å²) in [6.45, 7) is 3.71. The van der Waals surface area contributed by atoms with Crippen LogP contribution < -0.4 is 0 Å². The first kappa shape index (κ1) is 12.6. The molecule has 0 aromatic rings. The Balaban J connectivity index is 0. The van der Waals surface area contributed by atoms with E-state index in [1.165, 1.54) is 6.08 Å². The van der Waals surface area contributed by atoms with Crippen LogP contribution >= 0.6 is 7.60 Å². The molecule has 4 heteroatoms. The van der Waals surface area contributed by atoms with Gasteiger partial charge in [-0.25, -0.2) is 0 Å². The van der Waals surface area contributed by atoms with Gasteiger partial charge in [0.15, 0.2) is 0 Å². The van der Waals surface area contributed by atoms with E-state index in [0.717, 1.165) is 5.82 Å². The van der Waals surface area contributed by atoms with E-state index in [2.05, 4.69) is 0 Å². The molecule has 0 unspecified atom stereocenters. The summed E-state index contributed by atoms with van der Waals surface area (Å²) in [7, 11) is -3.90. The van der Waals surface area contributed by atoms with Gasteiger partial charge in [-0.05, 0) is 5.92 Å². The van der Waals surface area contributed by atoms with E-state index in [0.29, 0.717) is 0 Å². The van der Waals surface area contributed by atoms with Crippen LogP contribution in [0, 0.1) is 5.92 Å². The highest BCUT2D eigenvalue weighted by atomic mass is 31.2. The predicted octanol–water partition coefficient (Wildman–Crippen LogP) is 1.97. The summed E-state index contributed by atoms with van der Waals surface area (Å²) in [5, 5.41) is 0. The molecule has 10 heavy (non-hydrogen) atoms. The van der Waals surface area contributed by atoms with E-state index in [4.69, 9.17) is 9.79 Å². The first-order chi connectivity index (χ1) is 3.92. The van der Waals surface area contributed by atoms with Crippen molar-refractivity contribution in [2.24, 2.45) is 5.92 Å². The Bertz CT molecular complexity index is 145. The molecular weight excluding hydrogens is 151 g/mol. The van der Waals surface area contributed by atoms with E-state index in [1.807, 2.05) is 13.8 Å². The molecule has 0 aliphatic carbocycles. The first-order valence-corrected chi connectivity index (χ1v) is 4.34. The molecule has 0 heterocycles. The molecule has 0 rings (SSSR count). The van der Waals surface area contributed by atoms with Gasteiger partial charge in [0.05, 0.1) is 0 Å². The number of allylic oxidation sites excluding steroid dienone is 1. The molecule has 0 aliphatic rings. The summed E-state index contributed by atoms with van der Waals surface area (Å²) in [6, 6.07) is 0. The molecule has 0 aliphatic heterocycles. The van der Waals surface area contributed by atoms with Gasteiger partial charge in [0.25, 0.3) is 0 Å². The van der Waals surface area contributed by atoms with Crippen LogP contribution in [0.3, 0.4) is 0 Å². The lowest BCUT2D eigenvalue weighted by Gasteiger charge is -1.95. The standard InChI is InChI=1S/C5H11O3P.CH4/c1-5(2)3-4-9(6,7)8;/h3-5H,1-2H3,(H2,6,7,8);1H4. The van der Waals surface area contributed by atoms with Crippen molar-refractivity contribution in [2.45, 2.75) is 21.3 Å². The minimum atomic E-state index is -3.90. The zero-order valence-corrected chi connectivity index (χ0v) is 6.38. The van der Waals surface area contributed by atoms with E-state index >= 15 is 0 Å². The van der Waals surface area contributed by atoms with Crippen molar-refractivity contribution >= 4 is 7.60 Å². The first-order valence-electron chi connectivity index (χ1n) is 2.66. The summed E-state index contributed by atoms with van der Waals surface area (Å²) >= 11 is 0. The van der Waals surface area contributed by atoms with Gasteiger partial charge in [-0.15, -0.1) is 0 Å². The summed E-state index contributed by atoms with van der Waals surface area (Å²) in [5.74, 6) is 1.12. The third kappa shape index (κ3) is 10.8. The second kappa shape index (κ2) is 4.67. The molecule has 0 radical (unpaired) electrons. The van der Waals surface area contributed by atoms with Crippen molar-refractivity contribution in [3.05, 3.63) is 11.9 Å². The molecule has 0 fully saturated rings. The summed E-state index contributed by atoms with van der Waals surface area (Å²) in [6.07, 6.45) is 1.49. The molecule has 0 aromatic heterocycles. The maximum atomic E-state index is 10.1. The fourth-order valence-corrected chi connectivity index (χ4v) is 0.853. The average molecular weight is 166 g/mol. The zero-order chi connectivity index (χ0) is 7.49. The lowest BCUT2D eigenvalue weighted by molar-refractivity contribution is 0.386. The Kier molecular flexibility index (Phi) is 5.86. The number of hydrogen-bond acceptors (Lipinski definition) is 1. The van der Waals surface area contributed by atoms with Gasteiger partial charge in [0.1, 0.15) is 0 Å². The number of rotatable bonds is 2. The van der Waals surface area contributed by atoms with Gasteiger partial charge in [-0.1, -0.05) is 27.4 Å². The van der Waals surface area contributed by atoms with E-state index < -0.39 is 7.60 Å². The third-order valence-electron chi connectivity index (χ3n) is 0.665. The highest BCUT2D eigenvalue weighted by Gasteiger charge is 2.04. The molecule has 62 valence electrons. The fourth-order valence-electron chi connectivity index (χ4n) is 0.284. The maximum Gasteiger partial charge on any atom is 0.348 e. The predicted molar refractivity (Wildman–Crippen MR) is 42.8 cm³/mol. The Morgan fingerprint density at radius 3 is 1.90 bits per heavy atom. The zero-order valence-electron chi connectivity index (χ0n) is 5.48. The molecule has 2 N–H and O–H groups in total. The van der Waals surface area contributed by atoms with Crippen LogP contribution in [0.2, 0.25) is 0 Å². The molecule has 0 atom stereocenters. The van der Waals surface area contributed by atoms with Gasteiger partial charge in [-0.2, -0.15) is 0 Å². The van der Waals surface area contributed by atoms with Crippen molar-refractivity contribution < 1.29 is 14.4 Å². The van der Waals surface area contributed by atoms with E-state index in [1.54, 1.807) is 0 Å². The Morgan fingerprint density at radius 2 is 1.80 bits per heavy atom. The summed E-state index contributed by atoms with van der Waals surface area (Å²) < 4.78 is 10.1. The second-order valence-corrected chi connectivity index (χ2v) is 3.65. The fraction of sp³-hybridized carbons (Fsp3) is 0.667. The summed E-state index contributed by atoms with van der Waals surface area (Å²) in [4.78, 5) is 16.6. The minimum absolute atomic E-state index is 0. The van der Waals surface area contributed by atoms with Gasteiger partial charge in [0, 0.05) is 5.82 Å². The van der Waals surface area contributed by atoms with Gasteiger partial charge >= 0.3 is 7.60 Å². The smallest absolute Gasteiger partial charge is 0.321 e. The lowest BCUT2D eigenvalue weighted by Crippen LogP contribution is -1.77. The monoisotopic (exact) mass is 166 g/mol. The van der Waals surface area contributed by atoms with Crippen molar-refractivity contribution in [3.63, 3.8) is 0 Å². The molecule has 0 bridgehead atoms. The molecule has 0 saturated heterocycles. The van der Waals surface area contributed by atoms with Crippen LogP contribution in [0.1, 0.15) is 21.3 Å². The molecule has 0 amide bonds. The largest absolute Gasteiger partial charge is 0.348 e. The Labute approximate surface area is 61.9 Å². The molecule has 0 spiro atoms. The highest BCUT2D eigenvalue weighted by Crippen LogP contribution is 2.36.